The van der Waals surface area contributed by atoms with Gasteiger partial charge in [0.1, 0.15) is 18.1 Å². The summed E-state index contributed by atoms with van der Waals surface area (Å²) in [7, 11) is 4.00. The Balaban J connectivity index is 1.45. The first kappa shape index (κ1) is 24.0. The first-order chi connectivity index (χ1) is 16.5. The van der Waals surface area contributed by atoms with Gasteiger partial charge in [-0.3, -0.25) is 9.59 Å². The van der Waals surface area contributed by atoms with Crippen molar-refractivity contribution in [2.45, 2.75) is 32.4 Å². The van der Waals surface area contributed by atoms with Crippen LogP contribution < -0.4 is 25.8 Å². The van der Waals surface area contributed by atoms with Crippen molar-refractivity contribution in [3.8, 4) is 11.5 Å². The van der Waals surface area contributed by atoms with E-state index < -0.39 is 11.5 Å². The molecule has 184 valence electrons. The Hall–Kier alpha value is -4.12. The number of hydrogen-bond acceptors (Lipinski definition) is 9. The topological polar surface area (TPSA) is 137 Å². The number of ether oxygens (including phenoxy) is 2. The highest BCUT2D eigenvalue weighted by molar-refractivity contribution is 6.03. The summed E-state index contributed by atoms with van der Waals surface area (Å²) in [6, 6.07) is 12.3. The second-order valence-electron chi connectivity index (χ2n) is 9.06. The number of rotatable bonds is 7. The lowest BCUT2D eigenvalue weighted by Crippen LogP contribution is -2.45. The van der Waals surface area contributed by atoms with Gasteiger partial charge in [0, 0.05) is 17.3 Å². The van der Waals surface area contributed by atoms with Crippen LogP contribution in [0, 0.1) is 0 Å². The molecule has 0 fully saturated rings. The van der Waals surface area contributed by atoms with Gasteiger partial charge in [-0.15, -0.1) is 5.10 Å². The molecule has 35 heavy (non-hydrogen) atoms. The van der Waals surface area contributed by atoms with Crippen molar-refractivity contribution in [3.05, 3.63) is 48.0 Å². The molecule has 11 nitrogen and oxygen atoms in total. The number of likely N-dealkylation sites (N-methyl/N-ethyl adjacent to an activating group) is 1. The van der Waals surface area contributed by atoms with Crippen molar-refractivity contribution in [2.75, 3.05) is 37.1 Å². The maximum absolute atomic E-state index is 13.0. The summed E-state index contributed by atoms with van der Waals surface area (Å²) in [4.78, 5) is 31.4. The van der Waals surface area contributed by atoms with Gasteiger partial charge in [0.15, 0.2) is 5.60 Å². The first-order valence-electron chi connectivity index (χ1n) is 11.1. The third-order valence-corrected chi connectivity index (χ3v) is 5.69. The summed E-state index contributed by atoms with van der Waals surface area (Å²) >= 11 is 0. The van der Waals surface area contributed by atoms with Gasteiger partial charge in [-0.05, 0) is 77.3 Å². The molecule has 4 rings (SSSR count). The van der Waals surface area contributed by atoms with Crippen molar-refractivity contribution in [2.24, 2.45) is 0 Å². The van der Waals surface area contributed by atoms with Crippen molar-refractivity contribution >= 4 is 35.1 Å². The average molecular weight is 480 g/mol. The molecule has 1 aliphatic rings. The fraction of sp³-hybridized carbons (Fsp3) is 0.333. The van der Waals surface area contributed by atoms with Crippen LogP contribution in [0.2, 0.25) is 0 Å². The van der Waals surface area contributed by atoms with Gasteiger partial charge in [-0.2, -0.15) is 9.67 Å². The number of nitrogens with one attached hydrogen (secondary N) is 2. The Morgan fingerprint density at radius 2 is 1.97 bits per heavy atom. The molecular formula is C24H29N7O4. The molecule has 11 heteroatoms. The summed E-state index contributed by atoms with van der Waals surface area (Å²) in [6.07, 6.45) is 0. The Morgan fingerprint density at radius 1 is 1.26 bits per heavy atom. The van der Waals surface area contributed by atoms with Gasteiger partial charge in [0.2, 0.25) is 11.9 Å². The van der Waals surface area contributed by atoms with Gasteiger partial charge in [-0.25, -0.2) is 0 Å². The van der Waals surface area contributed by atoms with E-state index >= 15 is 0 Å². The maximum Gasteiger partial charge on any atom is 0.281 e. The molecule has 1 aliphatic heterocycles. The molecule has 0 spiro atoms. The van der Waals surface area contributed by atoms with E-state index in [2.05, 4.69) is 32.5 Å². The lowest BCUT2D eigenvalue weighted by Gasteiger charge is -2.31. The van der Waals surface area contributed by atoms with E-state index in [0.717, 1.165) is 10.4 Å². The first-order valence-corrected chi connectivity index (χ1v) is 11.1. The van der Waals surface area contributed by atoms with Gasteiger partial charge >= 0.3 is 0 Å². The SMILES string of the molecule is CC(COc1ccc(Nc2nc(N)n(C(=O)c3ccc4c(c3)NC(=O)C(C)(C)O4)n2)cc1)N(C)C. The zero-order valence-electron chi connectivity index (χ0n) is 20.3. The number of carbonyl (C=O) groups is 2. The zero-order chi connectivity index (χ0) is 25.3. The minimum atomic E-state index is -0.996. The number of aromatic nitrogens is 3. The third kappa shape index (κ3) is 5.19. The van der Waals surface area contributed by atoms with Gasteiger partial charge in [-0.1, -0.05) is 0 Å². The largest absolute Gasteiger partial charge is 0.492 e. The second kappa shape index (κ2) is 9.26. The van der Waals surface area contributed by atoms with E-state index in [1.165, 1.54) is 6.07 Å². The van der Waals surface area contributed by atoms with Crippen LogP contribution in [-0.2, 0) is 4.79 Å². The summed E-state index contributed by atoms with van der Waals surface area (Å²) < 4.78 is 12.5. The molecule has 1 aromatic heterocycles. The van der Waals surface area contributed by atoms with Gasteiger partial charge in [0.05, 0.1) is 5.69 Å². The van der Waals surface area contributed by atoms with Crippen LogP contribution in [0.5, 0.6) is 11.5 Å². The highest BCUT2D eigenvalue weighted by Gasteiger charge is 2.35. The van der Waals surface area contributed by atoms with Crippen molar-refractivity contribution in [1.29, 1.82) is 0 Å². The predicted octanol–water partition coefficient (Wildman–Crippen LogP) is 2.73. The minimum absolute atomic E-state index is 0.0748. The van der Waals surface area contributed by atoms with Crippen LogP contribution in [0.3, 0.4) is 0 Å². The molecule has 0 radical (unpaired) electrons. The molecule has 2 heterocycles. The number of hydrogen-bond donors (Lipinski definition) is 3. The molecule has 1 unspecified atom stereocenters. The molecule has 4 N–H and O–H groups in total. The number of carbonyl (C=O) groups excluding carboxylic acids is 2. The minimum Gasteiger partial charge on any atom is -0.492 e. The molecule has 0 saturated heterocycles. The van der Waals surface area contributed by atoms with Crippen LogP contribution in [0.1, 0.15) is 31.1 Å². The third-order valence-electron chi connectivity index (χ3n) is 5.69. The summed E-state index contributed by atoms with van der Waals surface area (Å²) in [5.74, 6) is 0.512. The standard InChI is InChI=1S/C24H29N7O4/c1-14(30(4)5)13-34-17-9-7-16(8-10-17)26-23-28-22(25)31(29-23)20(32)15-6-11-19-18(12-15)27-21(33)24(2,3)35-19/h6-12,14H,13H2,1-5H3,(H,27,33)(H3,25,26,28,29). The number of amides is 1. The van der Waals surface area contributed by atoms with E-state index in [9.17, 15) is 9.59 Å². The van der Waals surface area contributed by atoms with Crippen LogP contribution >= 0.6 is 0 Å². The Labute approximate surface area is 203 Å². The van der Waals surface area contributed by atoms with Crippen LogP contribution in [0.25, 0.3) is 0 Å². The molecule has 0 saturated carbocycles. The van der Waals surface area contributed by atoms with Crippen molar-refractivity contribution in [3.63, 3.8) is 0 Å². The lowest BCUT2D eigenvalue weighted by molar-refractivity contribution is -0.129. The number of benzene rings is 2. The van der Waals surface area contributed by atoms with Crippen molar-refractivity contribution in [1.82, 2.24) is 19.7 Å². The average Bonchev–Trinajstić information content (AvgIpc) is 3.17. The smallest absolute Gasteiger partial charge is 0.281 e. The molecule has 0 bridgehead atoms. The molecule has 0 aliphatic carbocycles. The monoisotopic (exact) mass is 479 g/mol. The molecule has 2 aromatic carbocycles. The number of nitrogen functional groups attached to an aromatic ring is 1. The zero-order valence-corrected chi connectivity index (χ0v) is 20.3. The van der Waals surface area contributed by atoms with Crippen molar-refractivity contribution < 1.29 is 19.1 Å². The Kier molecular flexibility index (Phi) is 6.35. The van der Waals surface area contributed by atoms with Crippen LogP contribution in [0.15, 0.2) is 42.5 Å². The van der Waals surface area contributed by atoms with E-state index in [1.807, 2.05) is 38.4 Å². The lowest BCUT2D eigenvalue weighted by atomic mass is 10.0. The fourth-order valence-corrected chi connectivity index (χ4v) is 3.22. The van der Waals surface area contributed by atoms with E-state index in [-0.39, 0.29) is 29.4 Å². The highest BCUT2D eigenvalue weighted by atomic mass is 16.5. The predicted molar refractivity (Wildman–Crippen MR) is 132 cm³/mol. The summed E-state index contributed by atoms with van der Waals surface area (Å²) in [5, 5.41) is 9.98. The van der Waals surface area contributed by atoms with Gasteiger partial charge in [0.25, 0.3) is 11.8 Å². The Morgan fingerprint density at radius 3 is 2.66 bits per heavy atom. The molecule has 1 atom stereocenters. The molecular weight excluding hydrogens is 450 g/mol. The maximum atomic E-state index is 13.0. The summed E-state index contributed by atoms with van der Waals surface area (Å²) in [6.45, 7) is 5.99. The number of anilines is 4. The van der Waals surface area contributed by atoms with Crippen LogP contribution in [-0.4, -0.2) is 63.8 Å². The Bertz CT molecular complexity index is 1250. The highest BCUT2D eigenvalue weighted by Crippen LogP contribution is 2.34. The number of fused-ring (bicyclic) bond motifs is 1. The van der Waals surface area contributed by atoms with E-state index in [0.29, 0.717) is 23.7 Å². The summed E-state index contributed by atoms with van der Waals surface area (Å²) in [5.41, 5.74) is 6.34. The van der Waals surface area contributed by atoms with E-state index in [1.54, 1.807) is 26.0 Å². The molecule has 3 aromatic rings. The number of nitrogens with zero attached hydrogens (tertiary/aromatic N) is 4. The quantitative estimate of drug-likeness (QED) is 0.467. The normalized spacial score (nSPS) is 15.1. The fourth-order valence-electron chi connectivity index (χ4n) is 3.22. The van der Waals surface area contributed by atoms with Gasteiger partial charge < -0.3 is 30.7 Å². The number of nitrogens with two attached hydrogens (primary N) is 1. The second-order valence-corrected chi connectivity index (χ2v) is 9.06. The van der Waals surface area contributed by atoms with Crippen LogP contribution in [0.4, 0.5) is 23.3 Å². The molecule has 1 amide bonds. The van der Waals surface area contributed by atoms with E-state index in [4.69, 9.17) is 15.2 Å².